The molecule has 0 spiro atoms. The smallest absolute Gasteiger partial charge is 0.372 e. The van der Waals surface area contributed by atoms with Crippen molar-refractivity contribution in [3.05, 3.63) is 54.4 Å². The summed E-state index contributed by atoms with van der Waals surface area (Å²) in [5.74, 6) is 0.503. The average molecular weight is 301 g/mol. The number of nitrogens with zero attached hydrogens (tertiary/aromatic N) is 2. The van der Waals surface area contributed by atoms with E-state index in [1.165, 1.54) is 6.20 Å². The predicted molar refractivity (Wildman–Crippen MR) is 79.5 cm³/mol. The van der Waals surface area contributed by atoms with E-state index in [2.05, 4.69) is 15.0 Å². The van der Waals surface area contributed by atoms with Crippen molar-refractivity contribution in [3.63, 3.8) is 0 Å². The van der Waals surface area contributed by atoms with Gasteiger partial charge in [-0.25, -0.2) is 4.79 Å². The number of methoxy groups -OCH3 is 1. The molecule has 0 fully saturated rings. The fraction of sp³-hybridized carbons (Fsp3) is 0.133. The number of carbonyl (C=O) groups is 1. The van der Waals surface area contributed by atoms with Crippen LogP contribution < -0.4 is 15.2 Å². The Bertz CT molecular complexity index is 659. The minimum atomic E-state index is -0.672. The van der Waals surface area contributed by atoms with Crippen LogP contribution in [0.15, 0.2) is 53.9 Å². The number of ether oxygens (including phenoxy) is 2. The summed E-state index contributed by atoms with van der Waals surface area (Å²) in [4.78, 5) is 20.1. The Morgan fingerprint density at radius 3 is 2.82 bits per heavy atom. The van der Waals surface area contributed by atoms with Gasteiger partial charge in [-0.05, 0) is 24.3 Å². The van der Waals surface area contributed by atoms with Gasteiger partial charge in [0.25, 0.3) is 0 Å². The van der Waals surface area contributed by atoms with Gasteiger partial charge in [0.05, 0.1) is 7.11 Å². The second-order valence-corrected chi connectivity index (χ2v) is 4.15. The summed E-state index contributed by atoms with van der Waals surface area (Å²) in [6.45, 7) is -0.295. The highest BCUT2D eigenvalue weighted by Gasteiger charge is 2.06. The summed E-state index contributed by atoms with van der Waals surface area (Å²) in [7, 11) is 1.54. The Morgan fingerprint density at radius 2 is 2.09 bits per heavy atom. The molecular weight excluding hydrogens is 286 g/mol. The molecule has 1 aromatic carbocycles. The quantitative estimate of drug-likeness (QED) is 0.374. The van der Waals surface area contributed by atoms with E-state index in [1.807, 2.05) is 0 Å². The second kappa shape index (κ2) is 7.63. The molecule has 7 heteroatoms. The van der Waals surface area contributed by atoms with Gasteiger partial charge in [-0.15, -0.1) is 0 Å². The molecule has 22 heavy (non-hydrogen) atoms. The summed E-state index contributed by atoms with van der Waals surface area (Å²) >= 11 is 0. The van der Waals surface area contributed by atoms with Gasteiger partial charge < -0.3 is 20.0 Å². The van der Waals surface area contributed by atoms with Crippen LogP contribution in [0.5, 0.6) is 11.5 Å². The van der Waals surface area contributed by atoms with Crippen molar-refractivity contribution in [2.45, 2.75) is 0 Å². The van der Waals surface area contributed by atoms with Crippen molar-refractivity contribution < 1.29 is 19.1 Å². The highest BCUT2D eigenvalue weighted by Crippen LogP contribution is 2.18. The van der Waals surface area contributed by atoms with Crippen LogP contribution in [0.1, 0.15) is 5.56 Å². The van der Waals surface area contributed by atoms with Crippen LogP contribution in [0.25, 0.3) is 0 Å². The maximum absolute atomic E-state index is 11.5. The number of rotatable bonds is 6. The van der Waals surface area contributed by atoms with Crippen molar-refractivity contribution >= 4 is 11.8 Å². The van der Waals surface area contributed by atoms with E-state index in [1.54, 1.807) is 49.7 Å². The van der Waals surface area contributed by atoms with Gasteiger partial charge >= 0.3 is 5.97 Å². The molecule has 0 bridgehead atoms. The summed E-state index contributed by atoms with van der Waals surface area (Å²) in [6, 6.07) is 10.3. The zero-order valence-corrected chi connectivity index (χ0v) is 11.9. The van der Waals surface area contributed by atoms with Crippen molar-refractivity contribution in [2.75, 3.05) is 13.7 Å². The van der Waals surface area contributed by atoms with E-state index in [0.717, 1.165) is 0 Å². The number of hydrogen-bond donors (Lipinski definition) is 1. The first-order chi connectivity index (χ1) is 10.7. The fourth-order valence-corrected chi connectivity index (χ4v) is 1.53. The number of oxime groups is 1. The lowest BCUT2D eigenvalue weighted by Crippen LogP contribution is -2.18. The fourth-order valence-electron chi connectivity index (χ4n) is 1.53. The number of hydrogen-bond acceptors (Lipinski definition) is 6. The molecule has 0 aliphatic carbocycles. The maximum Gasteiger partial charge on any atom is 0.372 e. The molecule has 2 rings (SSSR count). The van der Waals surface area contributed by atoms with Gasteiger partial charge in [-0.3, -0.25) is 4.98 Å². The number of benzene rings is 1. The van der Waals surface area contributed by atoms with Crippen molar-refractivity contribution in [1.82, 2.24) is 4.98 Å². The van der Waals surface area contributed by atoms with E-state index in [4.69, 9.17) is 15.2 Å². The van der Waals surface area contributed by atoms with E-state index in [-0.39, 0.29) is 12.4 Å². The SMILES string of the molecule is COc1cccc(OCC(=O)O/N=C(\N)c2cccnc2)c1. The molecule has 114 valence electrons. The highest BCUT2D eigenvalue weighted by atomic mass is 16.7. The molecule has 0 aliphatic rings. The molecule has 0 unspecified atom stereocenters. The third-order valence-electron chi connectivity index (χ3n) is 2.60. The highest BCUT2D eigenvalue weighted by molar-refractivity contribution is 5.97. The number of nitrogens with two attached hydrogens (primary N) is 1. The lowest BCUT2D eigenvalue weighted by Gasteiger charge is -2.06. The Labute approximate surface area is 127 Å². The Kier molecular flexibility index (Phi) is 5.31. The molecule has 0 saturated heterocycles. The predicted octanol–water partition coefficient (Wildman–Crippen LogP) is 1.33. The molecule has 0 saturated carbocycles. The zero-order chi connectivity index (χ0) is 15.8. The van der Waals surface area contributed by atoms with Crippen molar-refractivity contribution in [3.8, 4) is 11.5 Å². The first-order valence-corrected chi connectivity index (χ1v) is 6.39. The van der Waals surface area contributed by atoms with E-state index < -0.39 is 5.97 Å². The average Bonchev–Trinajstić information content (AvgIpc) is 2.58. The van der Waals surface area contributed by atoms with Gasteiger partial charge in [0, 0.05) is 24.0 Å². The summed E-state index contributed by atoms with van der Waals surface area (Å²) < 4.78 is 10.3. The Morgan fingerprint density at radius 1 is 1.27 bits per heavy atom. The maximum atomic E-state index is 11.5. The topological polar surface area (TPSA) is 96.0 Å². The zero-order valence-electron chi connectivity index (χ0n) is 11.9. The number of aromatic nitrogens is 1. The summed E-state index contributed by atoms with van der Waals surface area (Å²) in [5.41, 5.74) is 6.22. The first kappa shape index (κ1) is 15.3. The molecule has 7 nitrogen and oxygen atoms in total. The molecule has 1 heterocycles. The molecular formula is C15H15N3O4. The van der Waals surface area contributed by atoms with Crippen LogP contribution in [0.3, 0.4) is 0 Å². The van der Waals surface area contributed by atoms with Crippen LogP contribution >= 0.6 is 0 Å². The Balaban J connectivity index is 1.85. The molecule has 0 amide bonds. The van der Waals surface area contributed by atoms with Crippen LogP contribution in [0, 0.1) is 0 Å². The van der Waals surface area contributed by atoms with Gasteiger partial charge in [-0.2, -0.15) is 0 Å². The number of carbonyl (C=O) groups excluding carboxylic acids is 1. The van der Waals surface area contributed by atoms with Crippen LogP contribution in [0.4, 0.5) is 0 Å². The standard InChI is InChI=1S/C15H15N3O4/c1-20-12-5-2-6-13(8-12)21-10-14(19)22-18-15(16)11-4-3-7-17-9-11/h2-9H,10H2,1H3,(H2,16,18). The van der Waals surface area contributed by atoms with Gasteiger partial charge in [0.1, 0.15) is 11.5 Å². The first-order valence-electron chi connectivity index (χ1n) is 6.39. The Hall–Kier alpha value is -3.09. The third kappa shape index (κ3) is 4.48. The summed E-state index contributed by atoms with van der Waals surface area (Å²) in [6.07, 6.45) is 3.12. The molecule has 0 atom stereocenters. The van der Waals surface area contributed by atoms with Gasteiger partial charge in [-0.1, -0.05) is 11.2 Å². The van der Waals surface area contributed by atoms with E-state index in [9.17, 15) is 4.79 Å². The largest absolute Gasteiger partial charge is 0.497 e. The van der Waals surface area contributed by atoms with Gasteiger partial charge in [0.15, 0.2) is 12.4 Å². The van der Waals surface area contributed by atoms with Crippen LogP contribution in [-0.2, 0) is 9.63 Å². The van der Waals surface area contributed by atoms with Crippen LogP contribution in [-0.4, -0.2) is 30.5 Å². The van der Waals surface area contributed by atoms with Gasteiger partial charge in [0.2, 0.25) is 0 Å². The third-order valence-corrected chi connectivity index (χ3v) is 2.60. The minimum Gasteiger partial charge on any atom is -0.497 e. The molecule has 0 aliphatic heterocycles. The van der Waals surface area contributed by atoms with E-state index in [0.29, 0.717) is 17.1 Å². The number of amidine groups is 1. The van der Waals surface area contributed by atoms with Crippen molar-refractivity contribution in [1.29, 1.82) is 0 Å². The normalized spacial score (nSPS) is 10.9. The number of pyridine rings is 1. The lowest BCUT2D eigenvalue weighted by atomic mass is 10.3. The minimum absolute atomic E-state index is 0.0582. The van der Waals surface area contributed by atoms with Crippen molar-refractivity contribution in [2.24, 2.45) is 10.9 Å². The summed E-state index contributed by atoms with van der Waals surface area (Å²) in [5, 5.41) is 3.54. The van der Waals surface area contributed by atoms with Crippen LogP contribution in [0.2, 0.25) is 0 Å². The molecule has 0 radical (unpaired) electrons. The van der Waals surface area contributed by atoms with E-state index >= 15 is 0 Å². The second-order valence-electron chi connectivity index (χ2n) is 4.15. The lowest BCUT2D eigenvalue weighted by molar-refractivity contribution is -0.146. The molecule has 1 aromatic heterocycles. The molecule has 2 aromatic rings. The monoisotopic (exact) mass is 301 g/mol. The molecule has 2 N–H and O–H groups in total.